The maximum absolute atomic E-state index is 5.45. The second-order valence-electron chi connectivity index (χ2n) is 15.4. The van der Waals surface area contributed by atoms with Crippen LogP contribution in [-0.2, 0) is 0 Å². The third-order valence-electron chi connectivity index (χ3n) is 11.6. The molecule has 0 atom stereocenters. The van der Waals surface area contributed by atoms with E-state index in [0.29, 0.717) is 5.82 Å². The Morgan fingerprint density at radius 3 is 1.26 bits per heavy atom. The van der Waals surface area contributed by atoms with E-state index >= 15 is 0 Å². The summed E-state index contributed by atoms with van der Waals surface area (Å²) in [5.41, 5.74) is 17.6. The number of nitrogens with zero attached hydrogens (tertiary/aromatic N) is 3. The van der Waals surface area contributed by atoms with Crippen molar-refractivity contribution in [2.45, 2.75) is 0 Å². The largest absolute Gasteiger partial charge is 0.294 e. The van der Waals surface area contributed by atoms with Crippen molar-refractivity contribution in [3.8, 4) is 84.0 Å². The van der Waals surface area contributed by atoms with Gasteiger partial charge in [0, 0.05) is 22.2 Å². The summed E-state index contributed by atoms with van der Waals surface area (Å²) in [4.78, 5) is 10.9. The molecule has 9 aromatic carbocycles. The molecule has 0 unspecified atom stereocenters. The van der Waals surface area contributed by atoms with E-state index in [9.17, 15) is 0 Å². The van der Waals surface area contributed by atoms with E-state index in [0.717, 1.165) is 61.1 Å². The van der Waals surface area contributed by atoms with Crippen LogP contribution in [0.15, 0.2) is 237 Å². The Hall–Kier alpha value is -8.14. The van der Waals surface area contributed by atoms with E-state index in [4.69, 9.17) is 9.97 Å². The first-order valence-corrected chi connectivity index (χ1v) is 20.7. The van der Waals surface area contributed by atoms with Gasteiger partial charge >= 0.3 is 0 Å². The summed E-state index contributed by atoms with van der Waals surface area (Å²) in [6.07, 6.45) is 0. The highest BCUT2D eigenvalue weighted by Crippen LogP contribution is 2.40. The van der Waals surface area contributed by atoms with Gasteiger partial charge in [-0.2, -0.15) is 0 Å². The molecule has 0 saturated heterocycles. The molecule has 286 valence electrons. The van der Waals surface area contributed by atoms with E-state index < -0.39 is 0 Å². The average molecular weight is 778 g/mol. The summed E-state index contributed by atoms with van der Waals surface area (Å²) in [6.45, 7) is 0. The number of aromatic nitrogens is 3. The Morgan fingerprint density at radius 2 is 0.672 bits per heavy atom. The highest BCUT2D eigenvalue weighted by Gasteiger charge is 2.21. The van der Waals surface area contributed by atoms with Crippen LogP contribution in [0, 0.1) is 0 Å². The third kappa shape index (κ3) is 6.88. The minimum atomic E-state index is 0.677. The predicted molar refractivity (Wildman–Crippen MR) is 254 cm³/mol. The Bertz CT molecular complexity index is 3260. The highest BCUT2D eigenvalue weighted by atomic mass is 15.1. The minimum Gasteiger partial charge on any atom is -0.294 e. The van der Waals surface area contributed by atoms with Crippen LogP contribution < -0.4 is 0 Å². The zero-order valence-corrected chi connectivity index (χ0v) is 33.4. The molecule has 0 radical (unpaired) electrons. The van der Waals surface area contributed by atoms with Gasteiger partial charge in [0.25, 0.3) is 0 Å². The van der Waals surface area contributed by atoms with E-state index in [1.54, 1.807) is 0 Å². The zero-order chi connectivity index (χ0) is 40.5. The van der Waals surface area contributed by atoms with Gasteiger partial charge in [0.05, 0.1) is 16.6 Å². The Morgan fingerprint density at radius 1 is 0.279 bits per heavy atom. The molecule has 0 aliphatic heterocycles. The van der Waals surface area contributed by atoms with Crippen molar-refractivity contribution in [3.63, 3.8) is 0 Å². The topological polar surface area (TPSA) is 30.7 Å². The summed E-state index contributed by atoms with van der Waals surface area (Å²) in [5, 5.41) is 2.15. The molecule has 3 nitrogen and oxygen atoms in total. The number of fused-ring (bicyclic) bond motifs is 3. The molecule has 0 aliphatic carbocycles. The number of rotatable bonds is 8. The minimum absolute atomic E-state index is 0.677. The number of hydrogen-bond donors (Lipinski definition) is 0. The summed E-state index contributed by atoms with van der Waals surface area (Å²) >= 11 is 0. The summed E-state index contributed by atoms with van der Waals surface area (Å²) in [7, 11) is 0. The number of benzene rings is 9. The van der Waals surface area contributed by atoms with Crippen LogP contribution in [0.2, 0.25) is 0 Å². The average Bonchev–Trinajstić information content (AvgIpc) is 3.69. The van der Waals surface area contributed by atoms with Crippen molar-refractivity contribution in [2.24, 2.45) is 0 Å². The molecule has 2 aromatic heterocycles. The molecule has 0 N–H and O–H groups in total. The fraction of sp³-hybridized carbons (Fsp3) is 0. The molecule has 11 aromatic rings. The Balaban J connectivity index is 1.05. The molecular weight excluding hydrogens is 739 g/mol. The lowest BCUT2D eigenvalue weighted by Gasteiger charge is -2.13. The highest BCUT2D eigenvalue weighted by molar-refractivity contribution is 6.14. The van der Waals surface area contributed by atoms with E-state index in [1.165, 1.54) is 38.9 Å². The van der Waals surface area contributed by atoms with Crippen LogP contribution in [0.5, 0.6) is 0 Å². The van der Waals surface area contributed by atoms with Crippen LogP contribution in [0.1, 0.15) is 0 Å². The fourth-order valence-electron chi connectivity index (χ4n) is 8.59. The van der Waals surface area contributed by atoms with Crippen LogP contribution in [0.3, 0.4) is 0 Å². The molecule has 2 heterocycles. The lowest BCUT2D eigenvalue weighted by atomic mass is 9.92. The molecule has 0 amide bonds. The quantitative estimate of drug-likeness (QED) is 0.154. The molecule has 0 fully saturated rings. The van der Waals surface area contributed by atoms with Crippen LogP contribution in [-0.4, -0.2) is 14.5 Å². The van der Waals surface area contributed by atoms with Crippen molar-refractivity contribution in [3.05, 3.63) is 237 Å². The zero-order valence-electron chi connectivity index (χ0n) is 33.4. The normalized spacial score (nSPS) is 11.3. The molecule has 0 saturated carbocycles. The van der Waals surface area contributed by atoms with E-state index in [1.807, 2.05) is 0 Å². The van der Waals surface area contributed by atoms with Gasteiger partial charge in [0.15, 0.2) is 5.82 Å². The van der Waals surface area contributed by atoms with Gasteiger partial charge in [-0.05, 0) is 104 Å². The van der Waals surface area contributed by atoms with Crippen molar-refractivity contribution < 1.29 is 0 Å². The van der Waals surface area contributed by atoms with Gasteiger partial charge in [-0.3, -0.25) is 4.57 Å². The molecule has 11 rings (SSSR count). The first-order chi connectivity index (χ1) is 30.2. The molecule has 0 bridgehead atoms. The first kappa shape index (κ1) is 36.0. The lowest BCUT2D eigenvalue weighted by Crippen LogP contribution is -1.99. The molecular formula is C58H39N3. The van der Waals surface area contributed by atoms with Crippen LogP contribution in [0.4, 0.5) is 0 Å². The lowest BCUT2D eigenvalue weighted by molar-refractivity contribution is 1.11. The van der Waals surface area contributed by atoms with Crippen molar-refractivity contribution >= 4 is 21.9 Å². The van der Waals surface area contributed by atoms with Gasteiger partial charge in [0.1, 0.15) is 5.65 Å². The van der Waals surface area contributed by atoms with Gasteiger partial charge in [-0.1, -0.05) is 188 Å². The third-order valence-corrected chi connectivity index (χ3v) is 11.6. The van der Waals surface area contributed by atoms with Gasteiger partial charge in [0.2, 0.25) is 0 Å². The molecule has 0 spiro atoms. The van der Waals surface area contributed by atoms with Crippen LogP contribution >= 0.6 is 0 Å². The maximum atomic E-state index is 5.45. The van der Waals surface area contributed by atoms with Gasteiger partial charge in [-0.15, -0.1) is 0 Å². The Labute approximate surface area is 355 Å². The standard InChI is InChI=1S/C58H39N3/c1-5-17-40(18-6-1)43-31-33-44(34-32-43)56-55-53-29-13-14-30-54(53)61(52-27-11-4-12-28-52)58(55)60-57(59-56)48-26-16-24-46(36-48)45-23-15-25-47(35-45)51-38-49(41-19-7-2-8-20-41)37-50(39-51)42-21-9-3-10-22-42/h1-39H. The second-order valence-corrected chi connectivity index (χ2v) is 15.4. The van der Waals surface area contributed by atoms with Gasteiger partial charge < -0.3 is 0 Å². The number of hydrogen-bond acceptors (Lipinski definition) is 2. The fourth-order valence-corrected chi connectivity index (χ4v) is 8.59. The SMILES string of the molecule is c1ccc(-c2ccc(-c3nc(-c4cccc(-c5cccc(-c6cc(-c7ccccc7)cc(-c7ccccc7)c6)c5)c4)nc4c3c3ccccc3n4-c3ccccc3)cc2)cc1. The molecule has 0 aliphatic rings. The summed E-state index contributed by atoms with van der Waals surface area (Å²) < 4.78 is 2.28. The molecule has 3 heteroatoms. The van der Waals surface area contributed by atoms with E-state index in [-0.39, 0.29) is 0 Å². The van der Waals surface area contributed by atoms with Gasteiger partial charge in [-0.25, -0.2) is 9.97 Å². The second kappa shape index (κ2) is 15.6. The Kier molecular flexibility index (Phi) is 9.18. The summed E-state index contributed by atoms with van der Waals surface area (Å²) in [6, 6.07) is 84.1. The first-order valence-electron chi connectivity index (χ1n) is 20.7. The monoisotopic (exact) mass is 777 g/mol. The maximum Gasteiger partial charge on any atom is 0.162 e. The molecule has 61 heavy (non-hydrogen) atoms. The van der Waals surface area contributed by atoms with Crippen LogP contribution in [0.25, 0.3) is 106 Å². The predicted octanol–water partition coefficient (Wildman–Crippen LogP) is 15.2. The van der Waals surface area contributed by atoms with Crippen molar-refractivity contribution in [2.75, 3.05) is 0 Å². The van der Waals surface area contributed by atoms with Crippen molar-refractivity contribution in [1.82, 2.24) is 14.5 Å². The number of para-hydroxylation sites is 2. The van der Waals surface area contributed by atoms with Crippen molar-refractivity contribution in [1.29, 1.82) is 0 Å². The van der Waals surface area contributed by atoms with E-state index in [2.05, 4.69) is 241 Å². The smallest absolute Gasteiger partial charge is 0.162 e. The summed E-state index contributed by atoms with van der Waals surface area (Å²) in [5.74, 6) is 0.677.